The molecule has 5 N–H and O–H groups in total. The van der Waals surface area contributed by atoms with Crippen LogP contribution in [-0.2, 0) is 6.54 Å². The van der Waals surface area contributed by atoms with Crippen molar-refractivity contribution in [3.63, 3.8) is 0 Å². The standard InChI is InChI=1S/C25H31N7O/c26-19-4-3-11-32(16-19)23-7-8-28-14-22(23)30-25(33)24-20(27)13-18-6-5-17(12-21(18)29-24)15-31-9-1-2-10-31/h5-8,12-14,19H,1-4,9-11,15-16,26-27H2,(H,30,33)/t19-/m0/s1. The predicted octanol–water partition coefficient (Wildman–Crippen LogP) is 2.99. The third-order valence-corrected chi connectivity index (χ3v) is 6.58. The second-order valence-electron chi connectivity index (χ2n) is 9.13. The summed E-state index contributed by atoms with van der Waals surface area (Å²) in [5.74, 6) is -0.338. The number of likely N-dealkylation sites (tertiary alicyclic amines) is 1. The van der Waals surface area contributed by atoms with Gasteiger partial charge in [0.05, 0.1) is 28.8 Å². The van der Waals surface area contributed by atoms with Gasteiger partial charge in [-0.25, -0.2) is 4.98 Å². The number of hydrogen-bond donors (Lipinski definition) is 3. The van der Waals surface area contributed by atoms with Crippen molar-refractivity contribution < 1.29 is 4.79 Å². The topological polar surface area (TPSA) is 113 Å². The largest absolute Gasteiger partial charge is 0.397 e. The summed E-state index contributed by atoms with van der Waals surface area (Å²) >= 11 is 0. The molecule has 0 spiro atoms. The van der Waals surface area contributed by atoms with E-state index in [4.69, 9.17) is 11.5 Å². The van der Waals surface area contributed by atoms with Crippen molar-refractivity contribution in [2.75, 3.05) is 42.1 Å². The van der Waals surface area contributed by atoms with Crippen molar-refractivity contribution in [1.82, 2.24) is 14.9 Å². The lowest BCUT2D eigenvalue weighted by Crippen LogP contribution is -2.43. The maximum absolute atomic E-state index is 13.2. The normalized spacial score (nSPS) is 19.2. The van der Waals surface area contributed by atoms with E-state index < -0.39 is 0 Å². The Bertz CT molecular complexity index is 1160. The maximum Gasteiger partial charge on any atom is 0.276 e. The van der Waals surface area contributed by atoms with Crippen LogP contribution in [0, 0.1) is 0 Å². The molecule has 1 amide bonds. The lowest BCUT2D eigenvalue weighted by atomic mass is 10.1. The van der Waals surface area contributed by atoms with Crippen molar-refractivity contribution >= 4 is 33.9 Å². The third-order valence-electron chi connectivity index (χ3n) is 6.58. The molecule has 2 saturated heterocycles. The van der Waals surface area contributed by atoms with Gasteiger partial charge in [-0.2, -0.15) is 0 Å². The third kappa shape index (κ3) is 4.77. The molecule has 2 aliphatic rings. The number of fused-ring (bicyclic) bond motifs is 1. The second kappa shape index (κ2) is 9.33. The average Bonchev–Trinajstić information content (AvgIpc) is 3.32. The molecule has 5 rings (SSSR count). The smallest absolute Gasteiger partial charge is 0.276 e. The first-order valence-electron chi connectivity index (χ1n) is 11.7. The van der Waals surface area contributed by atoms with Gasteiger partial charge in [-0.3, -0.25) is 14.7 Å². The molecule has 172 valence electrons. The molecule has 4 heterocycles. The van der Waals surface area contributed by atoms with Crippen LogP contribution in [0.3, 0.4) is 0 Å². The SMILES string of the molecule is Nc1cc2ccc(CN3CCCC3)cc2nc1C(=O)Nc1cnccc1N1CCC[C@H](N)C1. The Hall–Kier alpha value is -3.23. The number of pyridine rings is 2. The van der Waals surface area contributed by atoms with Crippen molar-refractivity contribution in [3.8, 4) is 0 Å². The van der Waals surface area contributed by atoms with Gasteiger partial charge in [0.2, 0.25) is 0 Å². The van der Waals surface area contributed by atoms with Gasteiger partial charge in [0.1, 0.15) is 0 Å². The van der Waals surface area contributed by atoms with E-state index in [0.717, 1.165) is 62.2 Å². The Labute approximate surface area is 194 Å². The highest BCUT2D eigenvalue weighted by atomic mass is 16.1. The van der Waals surface area contributed by atoms with E-state index in [1.807, 2.05) is 18.2 Å². The first kappa shape index (κ1) is 21.6. The number of nitrogen functional groups attached to an aromatic ring is 1. The number of hydrogen-bond acceptors (Lipinski definition) is 7. The molecule has 0 aliphatic carbocycles. The van der Waals surface area contributed by atoms with Gasteiger partial charge in [0, 0.05) is 37.3 Å². The maximum atomic E-state index is 13.2. The number of piperidine rings is 1. The van der Waals surface area contributed by atoms with Gasteiger partial charge in [-0.1, -0.05) is 12.1 Å². The number of carbonyl (C=O) groups excluding carboxylic acids is 1. The van der Waals surface area contributed by atoms with Crippen LogP contribution < -0.4 is 21.7 Å². The number of nitrogens with two attached hydrogens (primary N) is 2. The van der Waals surface area contributed by atoms with Crippen LogP contribution in [0.4, 0.5) is 17.1 Å². The summed E-state index contributed by atoms with van der Waals surface area (Å²) in [6.07, 6.45) is 7.95. The molecular weight excluding hydrogens is 414 g/mol. The zero-order chi connectivity index (χ0) is 22.8. The van der Waals surface area contributed by atoms with E-state index in [1.54, 1.807) is 12.4 Å². The summed E-state index contributed by atoms with van der Waals surface area (Å²) in [6.45, 7) is 4.83. The van der Waals surface area contributed by atoms with E-state index in [9.17, 15) is 4.79 Å². The first-order valence-corrected chi connectivity index (χ1v) is 11.7. The van der Waals surface area contributed by atoms with Crippen LogP contribution in [-0.4, -0.2) is 53.0 Å². The molecule has 2 aliphatic heterocycles. The quantitative estimate of drug-likeness (QED) is 0.553. The second-order valence-corrected chi connectivity index (χ2v) is 9.13. The first-order chi connectivity index (χ1) is 16.1. The number of amides is 1. The Morgan fingerprint density at radius 2 is 1.97 bits per heavy atom. The molecule has 33 heavy (non-hydrogen) atoms. The van der Waals surface area contributed by atoms with Gasteiger partial charge < -0.3 is 21.7 Å². The van der Waals surface area contributed by atoms with Crippen LogP contribution in [0.15, 0.2) is 42.7 Å². The van der Waals surface area contributed by atoms with Crippen molar-refractivity contribution in [2.45, 2.75) is 38.3 Å². The highest BCUT2D eigenvalue weighted by Gasteiger charge is 2.21. The van der Waals surface area contributed by atoms with Gasteiger partial charge in [-0.15, -0.1) is 0 Å². The molecule has 3 aromatic rings. The fourth-order valence-electron chi connectivity index (χ4n) is 4.88. The Morgan fingerprint density at radius 1 is 1.12 bits per heavy atom. The highest BCUT2D eigenvalue weighted by molar-refractivity contribution is 6.09. The van der Waals surface area contributed by atoms with Crippen molar-refractivity contribution in [1.29, 1.82) is 0 Å². The molecule has 8 nitrogen and oxygen atoms in total. The predicted molar refractivity (Wildman–Crippen MR) is 132 cm³/mol. The van der Waals surface area contributed by atoms with Crippen molar-refractivity contribution in [2.24, 2.45) is 5.73 Å². The fourth-order valence-corrected chi connectivity index (χ4v) is 4.88. The van der Waals surface area contributed by atoms with Gasteiger partial charge >= 0.3 is 0 Å². The Kier molecular flexibility index (Phi) is 6.11. The minimum atomic E-state index is -0.338. The summed E-state index contributed by atoms with van der Waals surface area (Å²) < 4.78 is 0. The molecule has 0 radical (unpaired) electrons. The fraction of sp³-hybridized carbons (Fsp3) is 0.400. The zero-order valence-electron chi connectivity index (χ0n) is 18.8. The molecule has 0 unspecified atom stereocenters. The lowest BCUT2D eigenvalue weighted by molar-refractivity contribution is 0.102. The number of carbonyl (C=O) groups is 1. The van der Waals surface area contributed by atoms with Crippen LogP contribution >= 0.6 is 0 Å². The Balaban J connectivity index is 1.39. The van der Waals surface area contributed by atoms with E-state index in [0.29, 0.717) is 11.4 Å². The lowest BCUT2D eigenvalue weighted by Gasteiger charge is -2.33. The molecule has 1 atom stereocenters. The number of benzene rings is 1. The Morgan fingerprint density at radius 3 is 2.79 bits per heavy atom. The van der Waals surface area contributed by atoms with E-state index >= 15 is 0 Å². The highest BCUT2D eigenvalue weighted by Crippen LogP contribution is 2.28. The number of aromatic nitrogens is 2. The van der Waals surface area contributed by atoms with Gasteiger partial charge in [-0.05, 0) is 62.5 Å². The molecule has 0 saturated carbocycles. The molecule has 2 fully saturated rings. The zero-order valence-corrected chi connectivity index (χ0v) is 18.8. The number of nitrogens with one attached hydrogen (secondary N) is 1. The monoisotopic (exact) mass is 445 g/mol. The van der Waals surface area contributed by atoms with Gasteiger partial charge in [0.15, 0.2) is 5.69 Å². The van der Waals surface area contributed by atoms with Crippen molar-refractivity contribution in [3.05, 3.63) is 54.0 Å². The minimum absolute atomic E-state index is 0.128. The summed E-state index contributed by atoms with van der Waals surface area (Å²) in [5.41, 5.74) is 16.5. The van der Waals surface area contributed by atoms with E-state index in [2.05, 4.69) is 37.2 Å². The van der Waals surface area contributed by atoms with E-state index in [1.165, 1.54) is 18.4 Å². The average molecular weight is 446 g/mol. The minimum Gasteiger partial charge on any atom is -0.397 e. The van der Waals surface area contributed by atoms with Crippen LogP contribution in [0.5, 0.6) is 0 Å². The van der Waals surface area contributed by atoms with Gasteiger partial charge in [0.25, 0.3) is 5.91 Å². The molecule has 2 aromatic heterocycles. The number of anilines is 3. The molecule has 8 heteroatoms. The van der Waals surface area contributed by atoms with Crippen LogP contribution in [0.1, 0.15) is 41.7 Å². The summed E-state index contributed by atoms with van der Waals surface area (Å²) in [4.78, 5) is 26.7. The number of rotatable bonds is 5. The summed E-state index contributed by atoms with van der Waals surface area (Å²) in [7, 11) is 0. The number of nitrogens with zero attached hydrogens (tertiary/aromatic N) is 4. The van der Waals surface area contributed by atoms with E-state index in [-0.39, 0.29) is 17.6 Å². The molecule has 1 aromatic carbocycles. The molecule has 0 bridgehead atoms. The summed E-state index contributed by atoms with van der Waals surface area (Å²) in [5, 5.41) is 3.91. The van der Waals surface area contributed by atoms with Crippen LogP contribution in [0.2, 0.25) is 0 Å². The van der Waals surface area contributed by atoms with Crippen LogP contribution in [0.25, 0.3) is 10.9 Å². The molecular formula is C25H31N7O. The summed E-state index contributed by atoms with van der Waals surface area (Å²) in [6, 6.07) is 10.1.